The van der Waals surface area contributed by atoms with E-state index in [0.29, 0.717) is 43.2 Å². The molecule has 0 unspecified atom stereocenters. The van der Waals surface area contributed by atoms with Crippen LogP contribution in [-0.4, -0.2) is 43.1 Å². The molecule has 2 aromatic carbocycles. The van der Waals surface area contributed by atoms with Crippen molar-refractivity contribution in [3.05, 3.63) is 70.8 Å². The van der Waals surface area contributed by atoms with Crippen LogP contribution in [0.5, 0.6) is 5.75 Å². The Morgan fingerprint density at radius 3 is 2.55 bits per heavy atom. The van der Waals surface area contributed by atoms with E-state index in [9.17, 15) is 20.0 Å². The molecule has 1 saturated heterocycles. The van der Waals surface area contributed by atoms with Gasteiger partial charge in [0.2, 0.25) is 0 Å². The van der Waals surface area contributed by atoms with Crippen molar-refractivity contribution in [3.63, 3.8) is 0 Å². The standard InChI is InChI=1S/C22H20N2O5/c23-14-19(21(25)24-8-10-28-11-9-24)12-16-4-6-20(7-5-16)29-15-17-2-1-3-18(13-17)22(26)27/h1-7,12-13H,8-11,15H2,(H,26,27)/p-1/b19-12+. The Morgan fingerprint density at radius 2 is 1.90 bits per heavy atom. The minimum atomic E-state index is -1.23. The molecule has 1 aliphatic rings. The van der Waals surface area contributed by atoms with Gasteiger partial charge in [-0.25, -0.2) is 0 Å². The first kappa shape index (κ1) is 20.1. The van der Waals surface area contributed by atoms with Crippen molar-refractivity contribution < 1.29 is 24.2 Å². The normalized spacial score (nSPS) is 14.2. The number of ether oxygens (including phenoxy) is 2. The van der Waals surface area contributed by atoms with Crippen molar-refractivity contribution in [3.8, 4) is 11.8 Å². The third-order valence-corrected chi connectivity index (χ3v) is 4.41. The number of carboxylic acid groups (broad SMARTS) is 1. The molecule has 0 bridgehead atoms. The lowest BCUT2D eigenvalue weighted by Crippen LogP contribution is -2.41. The largest absolute Gasteiger partial charge is 0.545 e. The Bertz CT molecular complexity index is 954. The molecule has 1 fully saturated rings. The predicted molar refractivity (Wildman–Crippen MR) is 103 cm³/mol. The summed E-state index contributed by atoms with van der Waals surface area (Å²) in [7, 11) is 0. The number of amides is 1. The number of hydrogen-bond acceptors (Lipinski definition) is 6. The minimum absolute atomic E-state index is 0.0691. The van der Waals surface area contributed by atoms with E-state index in [2.05, 4.69) is 0 Å². The third-order valence-electron chi connectivity index (χ3n) is 4.41. The van der Waals surface area contributed by atoms with E-state index in [4.69, 9.17) is 9.47 Å². The Kier molecular flexibility index (Phi) is 6.61. The smallest absolute Gasteiger partial charge is 0.264 e. The average Bonchev–Trinajstić information content (AvgIpc) is 2.77. The molecular formula is C22H19N2O5-. The lowest BCUT2D eigenvalue weighted by molar-refractivity contribution is -0.255. The number of carbonyl (C=O) groups is 2. The summed E-state index contributed by atoms with van der Waals surface area (Å²) >= 11 is 0. The van der Waals surface area contributed by atoms with E-state index >= 15 is 0 Å². The van der Waals surface area contributed by atoms with Crippen molar-refractivity contribution in [2.45, 2.75) is 6.61 Å². The fourth-order valence-corrected chi connectivity index (χ4v) is 2.86. The number of nitrogens with zero attached hydrogens (tertiary/aromatic N) is 2. The van der Waals surface area contributed by atoms with Crippen LogP contribution in [0.15, 0.2) is 54.1 Å². The molecule has 1 heterocycles. The van der Waals surface area contributed by atoms with Gasteiger partial charge in [-0.05, 0) is 41.0 Å². The SMILES string of the molecule is N#C/C(=C\c1ccc(OCc2cccc(C(=O)[O-])c2)cc1)C(=O)N1CCOCC1. The van der Waals surface area contributed by atoms with Crippen molar-refractivity contribution in [2.75, 3.05) is 26.3 Å². The van der Waals surface area contributed by atoms with Gasteiger partial charge in [-0.1, -0.05) is 30.3 Å². The number of benzene rings is 2. The highest BCUT2D eigenvalue weighted by molar-refractivity contribution is 6.01. The fraction of sp³-hybridized carbons (Fsp3) is 0.227. The van der Waals surface area contributed by atoms with Crippen LogP contribution in [0, 0.1) is 11.3 Å². The number of carboxylic acids is 1. The van der Waals surface area contributed by atoms with Crippen molar-refractivity contribution in [1.82, 2.24) is 4.90 Å². The Hall–Kier alpha value is -3.63. The molecule has 0 radical (unpaired) electrons. The van der Waals surface area contributed by atoms with Crippen molar-refractivity contribution in [2.24, 2.45) is 0 Å². The molecule has 2 aromatic rings. The quantitative estimate of drug-likeness (QED) is 0.545. The molecule has 148 valence electrons. The van der Waals surface area contributed by atoms with E-state index in [1.807, 2.05) is 6.07 Å². The number of rotatable bonds is 6. The Labute approximate surface area is 168 Å². The maximum Gasteiger partial charge on any atom is 0.264 e. The molecule has 7 nitrogen and oxygen atoms in total. The van der Waals surface area contributed by atoms with Gasteiger partial charge in [0.1, 0.15) is 24.0 Å². The number of hydrogen-bond donors (Lipinski definition) is 0. The lowest BCUT2D eigenvalue weighted by atomic mass is 10.1. The summed E-state index contributed by atoms with van der Waals surface area (Å²) in [6, 6.07) is 15.3. The highest BCUT2D eigenvalue weighted by Gasteiger charge is 2.20. The molecule has 3 rings (SSSR count). The van der Waals surface area contributed by atoms with Gasteiger partial charge in [-0.3, -0.25) is 4.79 Å². The highest BCUT2D eigenvalue weighted by Crippen LogP contribution is 2.17. The Balaban J connectivity index is 1.64. The average molecular weight is 391 g/mol. The van der Waals surface area contributed by atoms with E-state index in [-0.39, 0.29) is 23.7 Å². The van der Waals surface area contributed by atoms with E-state index < -0.39 is 5.97 Å². The molecule has 1 aliphatic heterocycles. The first-order valence-corrected chi connectivity index (χ1v) is 9.09. The molecule has 0 aromatic heterocycles. The fourth-order valence-electron chi connectivity index (χ4n) is 2.86. The zero-order chi connectivity index (χ0) is 20.6. The van der Waals surface area contributed by atoms with Crippen LogP contribution in [0.1, 0.15) is 21.5 Å². The second-order valence-corrected chi connectivity index (χ2v) is 6.42. The summed E-state index contributed by atoms with van der Waals surface area (Å²) in [6.07, 6.45) is 1.55. The topological polar surface area (TPSA) is 103 Å². The second-order valence-electron chi connectivity index (χ2n) is 6.42. The van der Waals surface area contributed by atoms with Gasteiger partial charge in [0, 0.05) is 13.1 Å². The molecule has 1 amide bonds. The maximum atomic E-state index is 12.4. The zero-order valence-corrected chi connectivity index (χ0v) is 15.7. The van der Waals surface area contributed by atoms with E-state index in [1.54, 1.807) is 47.4 Å². The summed E-state index contributed by atoms with van der Waals surface area (Å²) in [5, 5.41) is 20.3. The minimum Gasteiger partial charge on any atom is -0.545 e. The second kappa shape index (κ2) is 9.53. The number of carbonyl (C=O) groups excluding carboxylic acids is 2. The van der Waals surface area contributed by atoms with Crippen LogP contribution in [0.2, 0.25) is 0 Å². The number of aromatic carboxylic acids is 1. The van der Waals surface area contributed by atoms with Crippen LogP contribution < -0.4 is 9.84 Å². The van der Waals surface area contributed by atoms with Crippen LogP contribution in [-0.2, 0) is 16.1 Å². The Morgan fingerprint density at radius 1 is 1.17 bits per heavy atom. The third kappa shape index (κ3) is 5.43. The van der Waals surface area contributed by atoms with Gasteiger partial charge < -0.3 is 24.3 Å². The first-order valence-electron chi connectivity index (χ1n) is 9.09. The van der Waals surface area contributed by atoms with E-state index in [0.717, 1.165) is 0 Å². The van der Waals surface area contributed by atoms with Crippen LogP contribution in [0.3, 0.4) is 0 Å². The van der Waals surface area contributed by atoms with Gasteiger partial charge in [0.15, 0.2) is 0 Å². The monoisotopic (exact) mass is 391 g/mol. The lowest BCUT2D eigenvalue weighted by Gasteiger charge is -2.26. The summed E-state index contributed by atoms with van der Waals surface area (Å²) in [5.41, 5.74) is 1.58. The summed E-state index contributed by atoms with van der Waals surface area (Å²) in [5.74, 6) is -0.953. The first-order chi connectivity index (χ1) is 14.1. The summed E-state index contributed by atoms with van der Waals surface area (Å²) in [6.45, 7) is 2.10. The summed E-state index contributed by atoms with van der Waals surface area (Å²) < 4.78 is 10.9. The van der Waals surface area contributed by atoms with Crippen LogP contribution in [0.25, 0.3) is 6.08 Å². The number of morpholine rings is 1. The van der Waals surface area contributed by atoms with Gasteiger partial charge in [-0.15, -0.1) is 0 Å². The molecule has 0 N–H and O–H groups in total. The summed E-state index contributed by atoms with van der Waals surface area (Å²) in [4.78, 5) is 25.0. The van der Waals surface area contributed by atoms with Crippen LogP contribution in [0.4, 0.5) is 0 Å². The predicted octanol–water partition coefficient (Wildman–Crippen LogP) is 1.39. The van der Waals surface area contributed by atoms with Gasteiger partial charge >= 0.3 is 0 Å². The molecule has 0 spiro atoms. The maximum absolute atomic E-state index is 12.4. The molecule has 7 heteroatoms. The van der Waals surface area contributed by atoms with E-state index in [1.165, 1.54) is 12.1 Å². The van der Waals surface area contributed by atoms with Gasteiger partial charge in [-0.2, -0.15) is 5.26 Å². The number of nitriles is 1. The molecule has 0 atom stereocenters. The molecule has 0 saturated carbocycles. The zero-order valence-electron chi connectivity index (χ0n) is 15.7. The molecule has 29 heavy (non-hydrogen) atoms. The molecular weight excluding hydrogens is 372 g/mol. The molecule has 0 aliphatic carbocycles. The van der Waals surface area contributed by atoms with Gasteiger partial charge in [0.05, 0.1) is 19.2 Å². The van der Waals surface area contributed by atoms with Crippen molar-refractivity contribution in [1.29, 1.82) is 5.26 Å². The van der Waals surface area contributed by atoms with Crippen molar-refractivity contribution >= 4 is 18.0 Å². The van der Waals surface area contributed by atoms with Crippen LogP contribution >= 0.6 is 0 Å². The highest BCUT2D eigenvalue weighted by atomic mass is 16.5. The van der Waals surface area contributed by atoms with Gasteiger partial charge in [0.25, 0.3) is 5.91 Å².